The number of aryl methyl sites for hydroxylation is 1. The van der Waals surface area contributed by atoms with Crippen molar-refractivity contribution in [2.24, 2.45) is 0 Å². The van der Waals surface area contributed by atoms with Crippen molar-refractivity contribution in [2.75, 3.05) is 0 Å². The molecule has 0 saturated carbocycles. The lowest BCUT2D eigenvalue weighted by Gasteiger charge is -2.21. The van der Waals surface area contributed by atoms with Gasteiger partial charge in [0.25, 0.3) is 5.56 Å². The van der Waals surface area contributed by atoms with E-state index in [1.807, 2.05) is 13.8 Å². The van der Waals surface area contributed by atoms with Gasteiger partial charge < -0.3 is 4.52 Å². The maximum atomic E-state index is 12.1. The Balaban J connectivity index is 1.84. The molecule has 8 heteroatoms. The summed E-state index contributed by atoms with van der Waals surface area (Å²) in [6.07, 6.45) is 1.55. The number of fused-ring (bicyclic) bond motifs is 1. The third kappa shape index (κ3) is 3.25. The Hall–Kier alpha value is -2.25. The number of hydrogen-bond donors (Lipinski definition) is 1. The largest absolute Gasteiger partial charge is 0.337 e. The third-order valence-corrected chi connectivity index (χ3v) is 3.67. The van der Waals surface area contributed by atoms with Gasteiger partial charge in [-0.15, -0.1) is 0 Å². The van der Waals surface area contributed by atoms with Crippen LogP contribution in [-0.2, 0) is 12.1 Å². The number of halogens is 1. The van der Waals surface area contributed by atoms with E-state index in [1.54, 1.807) is 25.3 Å². The topological polar surface area (TPSA) is 85.3 Å². The summed E-state index contributed by atoms with van der Waals surface area (Å²) >= 11 is 5.90. The van der Waals surface area contributed by atoms with Gasteiger partial charge in [-0.1, -0.05) is 16.8 Å². The molecule has 23 heavy (non-hydrogen) atoms. The smallest absolute Gasteiger partial charge is 0.258 e. The van der Waals surface area contributed by atoms with Gasteiger partial charge in [0.05, 0.1) is 16.3 Å². The first kappa shape index (κ1) is 15.6. The van der Waals surface area contributed by atoms with E-state index in [4.69, 9.17) is 16.1 Å². The van der Waals surface area contributed by atoms with Crippen molar-refractivity contribution in [3.63, 3.8) is 0 Å². The summed E-state index contributed by atoms with van der Waals surface area (Å²) in [4.78, 5) is 20.8. The first-order valence-electron chi connectivity index (χ1n) is 7.09. The minimum absolute atomic E-state index is 0.180. The molecule has 0 saturated heterocycles. The van der Waals surface area contributed by atoms with Gasteiger partial charge in [0.2, 0.25) is 5.89 Å². The van der Waals surface area contributed by atoms with Crippen LogP contribution in [-0.4, -0.2) is 19.5 Å². The Morgan fingerprint density at radius 1 is 1.35 bits per heavy atom. The van der Waals surface area contributed by atoms with Crippen LogP contribution in [0.3, 0.4) is 0 Å². The fraction of sp³-hybridized carbons (Fsp3) is 0.333. The van der Waals surface area contributed by atoms with E-state index in [9.17, 15) is 4.79 Å². The molecule has 0 spiro atoms. The normalized spacial score (nSPS) is 12.0. The minimum Gasteiger partial charge on any atom is -0.337 e. The maximum absolute atomic E-state index is 12.1. The quantitative estimate of drug-likeness (QED) is 0.786. The Morgan fingerprint density at radius 3 is 2.83 bits per heavy atom. The first-order valence-corrected chi connectivity index (χ1v) is 7.47. The number of aromatic nitrogens is 4. The van der Waals surface area contributed by atoms with E-state index in [2.05, 4.69) is 20.4 Å². The van der Waals surface area contributed by atoms with Crippen molar-refractivity contribution in [2.45, 2.75) is 32.9 Å². The zero-order valence-electron chi connectivity index (χ0n) is 13.0. The van der Waals surface area contributed by atoms with E-state index >= 15 is 0 Å². The molecule has 7 nitrogen and oxygen atoms in total. The molecule has 0 aliphatic heterocycles. The van der Waals surface area contributed by atoms with E-state index in [0.717, 1.165) is 0 Å². The van der Waals surface area contributed by atoms with Crippen molar-refractivity contribution in [1.82, 2.24) is 24.8 Å². The third-order valence-electron chi connectivity index (χ3n) is 3.45. The average Bonchev–Trinajstić information content (AvgIpc) is 2.94. The number of nitrogens with one attached hydrogen (secondary N) is 1. The van der Waals surface area contributed by atoms with Gasteiger partial charge in [0, 0.05) is 18.8 Å². The van der Waals surface area contributed by atoms with Crippen LogP contribution in [0.5, 0.6) is 0 Å². The molecule has 0 aliphatic rings. The van der Waals surface area contributed by atoms with Gasteiger partial charge in [0.1, 0.15) is 5.65 Å². The maximum Gasteiger partial charge on any atom is 0.258 e. The molecular weight excluding hydrogens is 318 g/mol. The summed E-state index contributed by atoms with van der Waals surface area (Å²) in [6.45, 7) is 6.00. The van der Waals surface area contributed by atoms with E-state index in [-0.39, 0.29) is 5.56 Å². The Labute approximate surface area is 137 Å². The van der Waals surface area contributed by atoms with Gasteiger partial charge in [-0.2, -0.15) is 4.98 Å². The number of hydrogen-bond acceptors (Lipinski definition) is 6. The predicted octanol–water partition coefficient (Wildman–Crippen LogP) is 2.06. The SMILES string of the molecule is Cc1noc(C(C)(C)NCc2cc(=O)n3cc(Cl)ccc3n2)n1. The van der Waals surface area contributed by atoms with Crippen LogP contribution in [0.25, 0.3) is 5.65 Å². The second kappa shape index (κ2) is 5.75. The molecule has 0 amide bonds. The van der Waals surface area contributed by atoms with E-state index < -0.39 is 5.54 Å². The standard InChI is InChI=1S/C15H16ClN5O2/c1-9-18-14(23-20-9)15(2,3)17-7-11-6-13(22)21-8-10(16)4-5-12(21)19-11/h4-6,8,17H,7H2,1-3H3. The summed E-state index contributed by atoms with van der Waals surface area (Å²) in [6, 6.07) is 4.89. The highest BCUT2D eigenvalue weighted by Gasteiger charge is 2.26. The highest BCUT2D eigenvalue weighted by atomic mass is 35.5. The van der Waals surface area contributed by atoms with Gasteiger partial charge in [-0.05, 0) is 32.9 Å². The van der Waals surface area contributed by atoms with Gasteiger partial charge >= 0.3 is 0 Å². The molecule has 0 atom stereocenters. The lowest BCUT2D eigenvalue weighted by molar-refractivity contribution is 0.265. The average molecular weight is 334 g/mol. The van der Waals surface area contributed by atoms with E-state index in [1.165, 1.54) is 10.5 Å². The molecule has 3 rings (SSSR count). The monoisotopic (exact) mass is 333 g/mol. The van der Waals surface area contributed by atoms with Crippen molar-refractivity contribution in [3.8, 4) is 0 Å². The van der Waals surface area contributed by atoms with Gasteiger partial charge in [0.15, 0.2) is 5.82 Å². The molecule has 3 heterocycles. The summed E-state index contributed by atoms with van der Waals surface area (Å²) in [7, 11) is 0. The number of nitrogens with zero attached hydrogens (tertiary/aromatic N) is 4. The summed E-state index contributed by atoms with van der Waals surface area (Å²) in [5.41, 5.74) is 0.459. The predicted molar refractivity (Wildman–Crippen MR) is 85.4 cm³/mol. The molecule has 3 aromatic heterocycles. The molecule has 1 N–H and O–H groups in total. The molecule has 0 aromatic carbocycles. The van der Waals surface area contributed by atoms with Crippen LogP contribution >= 0.6 is 11.6 Å². The number of rotatable bonds is 4. The first-order chi connectivity index (χ1) is 10.8. The van der Waals surface area contributed by atoms with Crippen LogP contribution in [0, 0.1) is 6.92 Å². The van der Waals surface area contributed by atoms with Gasteiger partial charge in [-0.25, -0.2) is 4.98 Å². The van der Waals surface area contributed by atoms with Gasteiger partial charge in [-0.3, -0.25) is 14.5 Å². The Bertz CT molecular complexity index is 916. The highest BCUT2D eigenvalue weighted by Crippen LogP contribution is 2.18. The van der Waals surface area contributed by atoms with E-state index in [0.29, 0.717) is 34.6 Å². The molecule has 3 aromatic rings. The van der Waals surface area contributed by atoms with Crippen LogP contribution < -0.4 is 10.9 Å². The zero-order valence-corrected chi connectivity index (χ0v) is 13.8. The molecule has 0 aliphatic carbocycles. The molecule has 0 bridgehead atoms. The summed E-state index contributed by atoms with van der Waals surface area (Å²) in [5, 5.41) is 7.56. The van der Waals surface area contributed by atoms with Crippen molar-refractivity contribution in [1.29, 1.82) is 0 Å². The van der Waals surface area contributed by atoms with Crippen LogP contribution in [0.2, 0.25) is 5.02 Å². The number of pyridine rings is 1. The van der Waals surface area contributed by atoms with Crippen molar-refractivity contribution >= 4 is 17.2 Å². The Kier molecular flexibility index (Phi) is 3.91. The lowest BCUT2D eigenvalue weighted by atomic mass is 10.1. The summed E-state index contributed by atoms with van der Waals surface area (Å²) in [5.74, 6) is 1.06. The Morgan fingerprint density at radius 2 is 2.13 bits per heavy atom. The minimum atomic E-state index is -0.534. The van der Waals surface area contributed by atoms with Crippen LogP contribution in [0.4, 0.5) is 0 Å². The molecule has 0 unspecified atom stereocenters. The second-order valence-electron chi connectivity index (χ2n) is 5.79. The van der Waals surface area contributed by atoms with Crippen molar-refractivity contribution < 1.29 is 4.52 Å². The second-order valence-corrected chi connectivity index (χ2v) is 6.22. The fourth-order valence-electron chi connectivity index (χ4n) is 2.15. The van der Waals surface area contributed by atoms with Crippen molar-refractivity contribution in [3.05, 3.63) is 57.2 Å². The molecular formula is C15H16ClN5O2. The van der Waals surface area contributed by atoms with Crippen LogP contribution in [0.1, 0.15) is 31.3 Å². The lowest BCUT2D eigenvalue weighted by Crippen LogP contribution is -2.37. The molecule has 120 valence electrons. The fourth-order valence-corrected chi connectivity index (χ4v) is 2.32. The molecule has 0 fully saturated rings. The van der Waals surface area contributed by atoms with Crippen LogP contribution in [0.15, 0.2) is 33.7 Å². The zero-order chi connectivity index (χ0) is 16.6. The highest BCUT2D eigenvalue weighted by molar-refractivity contribution is 6.30. The summed E-state index contributed by atoms with van der Waals surface area (Å²) < 4.78 is 6.62. The molecule has 0 radical (unpaired) electrons.